The van der Waals surface area contributed by atoms with E-state index < -0.39 is 46.8 Å². The summed E-state index contributed by atoms with van der Waals surface area (Å²) in [5.74, 6) is -8.46. The van der Waals surface area contributed by atoms with Crippen molar-refractivity contribution in [3.05, 3.63) is 29.6 Å². The normalized spacial score (nSPS) is 15.1. The molecule has 3 amide bonds. The number of anilines is 1. The van der Waals surface area contributed by atoms with Crippen molar-refractivity contribution in [1.82, 2.24) is 10.6 Å². The Morgan fingerprint density at radius 2 is 1.65 bits per heavy atom. The van der Waals surface area contributed by atoms with Gasteiger partial charge in [0.05, 0.1) is 5.69 Å². The van der Waals surface area contributed by atoms with Crippen LogP contribution in [0.25, 0.3) is 0 Å². The second kappa shape index (κ2) is 7.23. The molecule has 1 fully saturated rings. The average Bonchev–Trinajstić information content (AvgIpc) is 2.56. The largest absolute Gasteiger partial charge is 0.317 e. The molecule has 1 saturated heterocycles. The predicted molar refractivity (Wildman–Crippen MR) is 73.7 cm³/mol. The third-order valence-corrected chi connectivity index (χ3v) is 3.44. The lowest BCUT2D eigenvalue weighted by Gasteiger charge is -2.21. The van der Waals surface area contributed by atoms with Crippen molar-refractivity contribution in [2.24, 2.45) is 5.92 Å². The zero-order valence-electron chi connectivity index (χ0n) is 11.9. The predicted octanol–water partition coefficient (Wildman–Crippen LogP) is 0.685. The van der Waals surface area contributed by atoms with Crippen molar-refractivity contribution in [2.45, 2.75) is 12.8 Å². The van der Waals surface area contributed by atoms with E-state index in [9.17, 15) is 27.6 Å². The van der Waals surface area contributed by atoms with Crippen molar-refractivity contribution < 1.29 is 27.6 Å². The van der Waals surface area contributed by atoms with Gasteiger partial charge in [0, 0.05) is 5.92 Å². The fraction of sp³-hybridized carbons (Fsp3) is 0.357. The maximum absolute atomic E-state index is 13.4. The molecule has 0 radical (unpaired) electrons. The highest BCUT2D eigenvalue weighted by Crippen LogP contribution is 2.19. The molecule has 0 unspecified atom stereocenters. The number of halogens is 3. The molecule has 124 valence electrons. The standard InChI is InChI=1S/C14H14F3N3O3/c15-8-1-2-9(11(17)10(8)16)19-13(22)14(23)20-12(21)7-3-5-18-6-4-7/h1-2,7,18H,3-6H2,(H,19,22)(H,20,21,23). The molecule has 2 rings (SSSR count). The number of rotatable bonds is 2. The Morgan fingerprint density at radius 1 is 1.00 bits per heavy atom. The number of amides is 3. The van der Waals surface area contributed by atoms with Crippen molar-refractivity contribution >= 4 is 23.4 Å². The van der Waals surface area contributed by atoms with E-state index in [1.807, 2.05) is 5.32 Å². The molecule has 9 heteroatoms. The first-order chi connectivity index (χ1) is 10.9. The monoisotopic (exact) mass is 329 g/mol. The highest BCUT2D eigenvalue weighted by Gasteiger charge is 2.26. The van der Waals surface area contributed by atoms with Crippen LogP contribution in [-0.4, -0.2) is 30.8 Å². The summed E-state index contributed by atoms with van der Waals surface area (Å²) in [6, 6.07) is 1.37. The Bertz CT molecular complexity index is 646. The summed E-state index contributed by atoms with van der Waals surface area (Å²) >= 11 is 0. The maximum atomic E-state index is 13.4. The molecule has 0 spiro atoms. The maximum Gasteiger partial charge on any atom is 0.316 e. The molecule has 1 aromatic rings. The first kappa shape index (κ1) is 16.9. The summed E-state index contributed by atoms with van der Waals surface area (Å²) in [5.41, 5.74) is -0.696. The highest BCUT2D eigenvalue weighted by molar-refractivity contribution is 6.42. The lowest BCUT2D eigenvalue weighted by Crippen LogP contribution is -2.44. The van der Waals surface area contributed by atoms with Gasteiger partial charge in [0.1, 0.15) is 0 Å². The van der Waals surface area contributed by atoms with Crippen LogP contribution in [0.4, 0.5) is 18.9 Å². The van der Waals surface area contributed by atoms with Crippen molar-refractivity contribution in [3.8, 4) is 0 Å². The third kappa shape index (κ3) is 4.07. The molecule has 1 aliphatic rings. The molecule has 1 heterocycles. The van der Waals surface area contributed by atoms with Gasteiger partial charge in [-0.05, 0) is 38.1 Å². The van der Waals surface area contributed by atoms with Crippen LogP contribution in [0, 0.1) is 23.4 Å². The summed E-state index contributed by atoms with van der Waals surface area (Å²) in [7, 11) is 0. The second-order valence-electron chi connectivity index (χ2n) is 5.02. The number of benzene rings is 1. The van der Waals surface area contributed by atoms with Crippen LogP contribution in [0.15, 0.2) is 12.1 Å². The van der Waals surface area contributed by atoms with E-state index in [1.165, 1.54) is 0 Å². The molecule has 0 bridgehead atoms. The van der Waals surface area contributed by atoms with Crippen LogP contribution in [0.2, 0.25) is 0 Å². The molecule has 0 aliphatic carbocycles. The minimum absolute atomic E-state index is 0.395. The Kier molecular flexibility index (Phi) is 5.32. The van der Waals surface area contributed by atoms with E-state index in [0.717, 1.165) is 6.07 Å². The first-order valence-electron chi connectivity index (χ1n) is 6.90. The van der Waals surface area contributed by atoms with Gasteiger partial charge in [-0.15, -0.1) is 0 Å². The van der Waals surface area contributed by atoms with Crippen molar-refractivity contribution in [1.29, 1.82) is 0 Å². The lowest BCUT2D eigenvalue weighted by molar-refractivity contribution is -0.141. The van der Waals surface area contributed by atoms with Gasteiger partial charge < -0.3 is 10.6 Å². The van der Waals surface area contributed by atoms with Gasteiger partial charge >= 0.3 is 11.8 Å². The third-order valence-electron chi connectivity index (χ3n) is 3.44. The van der Waals surface area contributed by atoms with E-state index in [0.29, 0.717) is 32.0 Å². The summed E-state index contributed by atoms with van der Waals surface area (Å²) in [6.45, 7) is 1.25. The van der Waals surface area contributed by atoms with Gasteiger partial charge in [-0.2, -0.15) is 0 Å². The molecular weight excluding hydrogens is 315 g/mol. The zero-order valence-corrected chi connectivity index (χ0v) is 11.9. The molecule has 0 atom stereocenters. The van der Waals surface area contributed by atoms with Gasteiger partial charge in [-0.3, -0.25) is 19.7 Å². The minimum atomic E-state index is -1.77. The van der Waals surface area contributed by atoms with Gasteiger partial charge in [0.25, 0.3) is 0 Å². The summed E-state index contributed by atoms with van der Waals surface area (Å²) in [5, 5.41) is 6.74. The molecule has 0 aromatic heterocycles. The van der Waals surface area contributed by atoms with Gasteiger partial charge in [-0.25, -0.2) is 13.2 Å². The van der Waals surface area contributed by atoms with Crippen LogP contribution in [0.1, 0.15) is 12.8 Å². The number of imide groups is 1. The molecule has 1 aliphatic heterocycles. The molecular formula is C14H14F3N3O3. The van der Waals surface area contributed by atoms with Crippen molar-refractivity contribution in [3.63, 3.8) is 0 Å². The fourth-order valence-electron chi connectivity index (χ4n) is 2.16. The lowest BCUT2D eigenvalue weighted by atomic mass is 9.97. The number of hydrogen-bond acceptors (Lipinski definition) is 4. The van der Waals surface area contributed by atoms with E-state index in [2.05, 4.69) is 5.32 Å². The zero-order chi connectivity index (χ0) is 17.0. The van der Waals surface area contributed by atoms with Crippen LogP contribution in [0.3, 0.4) is 0 Å². The molecule has 6 nitrogen and oxygen atoms in total. The quantitative estimate of drug-likeness (QED) is 0.550. The summed E-state index contributed by atoms with van der Waals surface area (Å²) in [6.07, 6.45) is 1.05. The average molecular weight is 329 g/mol. The summed E-state index contributed by atoms with van der Waals surface area (Å²) < 4.78 is 39.2. The smallest absolute Gasteiger partial charge is 0.316 e. The van der Waals surface area contributed by atoms with Gasteiger partial charge in [0.15, 0.2) is 17.5 Å². The van der Waals surface area contributed by atoms with Crippen LogP contribution in [0.5, 0.6) is 0 Å². The minimum Gasteiger partial charge on any atom is -0.317 e. The van der Waals surface area contributed by atoms with Crippen LogP contribution >= 0.6 is 0 Å². The summed E-state index contributed by atoms with van der Waals surface area (Å²) in [4.78, 5) is 35.0. The topological polar surface area (TPSA) is 87.3 Å². The van der Waals surface area contributed by atoms with Crippen LogP contribution < -0.4 is 16.0 Å². The van der Waals surface area contributed by atoms with E-state index in [-0.39, 0.29) is 0 Å². The SMILES string of the molecule is O=C(NC(=O)C1CCNCC1)C(=O)Nc1ccc(F)c(F)c1F. The molecule has 23 heavy (non-hydrogen) atoms. The van der Waals surface area contributed by atoms with E-state index in [1.54, 1.807) is 5.32 Å². The van der Waals surface area contributed by atoms with E-state index in [4.69, 9.17) is 0 Å². The second-order valence-corrected chi connectivity index (χ2v) is 5.02. The highest BCUT2D eigenvalue weighted by atomic mass is 19.2. The molecule has 3 N–H and O–H groups in total. The Labute approximate surface area is 129 Å². The molecule has 0 saturated carbocycles. The number of carbonyl (C=O) groups excluding carboxylic acids is 3. The molecule has 1 aromatic carbocycles. The van der Waals surface area contributed by atoms with Crippen molar-refractivity contribution in [2.75, 3.05) is 18.4 Å². The number of hydrogen-bond donors (Lipinski definition) is 3. The van der Waals surface area contributed by atoms with Crippen LogP contribution in [-0.2, 0) is 14.4 Å². The Hall–Kier alpha value is -2.42. The van der Waals surface area contributed by atoms with Gasteiger partial charge in [0.2, 0.25) is 5.91 Å². The number of nitrogens with one attached hydrogen (secondary N) is 3. The Balaban J connectivity index is 1.96. The van der Waals surface area contributed by atoms with Gasteiger partial charge in [-0.1, -0.05) is 0 Å². The number of carbonyl (C=O) groups is 3. The van der Waals surface area contributed by atoms with E-state index >= 15 is 0 Å². The Morgan fingerprint density at radius 3 is 2.30 bits per heavy atom. The fourth-order valence-corrected chi connectivity index (χ4v) is 2.16. The number of piperidine rings is 1. The first-order valence-corrected chi connectivity index (χ1v) is 6.90.